The highest BCUT2D eigenvalue weighted by molar-refractivity contribution is 7.45. The lowest BCUT2D eigenvalue weighted by Crippen LogP contribution is -2.45. The van der Waals surface area contributed by atoms with Gasteiger partial charge in [0.25, 0.3) is 7.82 Å². The summed E-state index contributed by atoms with van der Waals surface area (Å²) in [6.07, 6.45) is 50.3. The van der Waals surface area contributed by atoms with E-state index in [2.05, 4.69) is 55.6 Å². The lowest BCUT2D eigenvalue weighted by Gasteiger charge is -2.29. The first kappa shape index (κ1) is 55.5. The van der Waals surface area contributed by atoms with Gasteiger partial charge in [-0.05, 0) is 57.8 Å². The van der Waals surface area contributed by atoms with Crippen LogP contribution in [-0.2, 0) is 18.4 Å². The average molecular weight is 823 g/mol. The molecule has 0 heterocycles. The second kappa shape index (κ2) is 39.9. The number of carbonyl (C=O) groups is 1. The fourth-order valence-electron chi connectivity index (χ4n) is 6.50. The van der Waals surface area contributed by atoms with Gasteiger partial charge in [0.05, 0.1) is 39.9 Å². The van der Waals surface area contributed by atoms with Crippen molar-refractivity contribution >= 4 is 13.7 Å². The Morgan fingerprint density at radius 1 is 0.614 bits per heavy atom. The molecule has 0 bridgehead atoms. The molecule has 0 aromatic carbocycles. The van der Waals surface area contributed by atoms with Gasteiger partial charge in [0, 0.05) is 6.42 Å². The summed E-state index contributed by atoms with van der Waals surface area (Å²) in [6, 6.07) is -0.910. The molecule has 0 radical (unpaired) electrons. The second-order valence-electron chi connectivity index (χ2n) is 17.1. The van der Waals surface area contributed by atoms with E-state index in [-0.39, 0.29) is 12.5 Å². The second-order valence-corrected chi connectivity index (χ2v) is 18.5. The monoisotopic (exact) mass is 823 g/mol. The lowest BCUT2D eigenvalue weighted by molar-refractivity contribution is -0.870. The number of likely N-dealkylation sites (N-methyl/N-ethyl adjacent to an activating group) is 1. The Hall–Kier alpha value is -1.54. The maximum Gasteiger partial charge on any atom is 0.268 e. The molecule has 2 N–H and O–H groups in total. The van der Waals surface area contributed by atoms with E-state index in [0.717, 1.165) is 70.6 Å². The molecule has 0 aromatic rings. The zero-order valence-corrected chi connectivity index (χ0v) is 38.7. The normalized spacial score (nSPS) is 14.7. The summed E-state index contributed by atoms with van der Waals surface area (Å²) in [5, 5.41) is 13.8. The summed E-state index contributed by atoms with van der Waals surface area (Å²) in [4.78, 5) is 25.3. The molecule has 0 fully saturated rings. The van der Waals surface area contributed by atoms with Gasteiger partial charge in [-0.1, -0.05) is 184 Å². The molecule has 0 rings (SSSR count). The minimum Gasteiger partial charge on any atom is -0.756 e. The van der Waals surface area contributed by atoms with Crippen molar-refractivity contribution in [2.45, 2.75) is 212 Å². The molecule has 0 aliphatic carbocycles. The zero-order chi connectivity index (χ0) is 42.1. The Balaban J connectivity index is 4.40. The first-order chi connectivity index (χ1) is 27.5. The van der Waals surface area contributed by atoms with Gasteiger partial charge in [-0.2, -0.15) is 0 Å². The third-order valence-corrected chi connectivity index (χ3v) is 11.2. The number of aliphatic hydroxyl groups excluding tert-OH is 1. The van der Waals surface area contributed by atoms with Crippen LogP contribution >= 0.6 is 7.82 Å². The number of allylic oxidation sites excluding steroid dienone is 7. The fourth-order valence-corrected chi connectivity index (χ4v) is 7.22. The van der Waals surface area contributed by atoms with Crippen molar-refractivity contribution in [3.05, 3.63) is 48.6 Å². The highest BCUT2D eigenvalue weighted by Gasteiger charge is 2.23. The number of carbonyl (C=O) groups excluding carboxylic acids is 1. The minimum absolute atomic E-state index is 0.0105. The third-order valence-electron chi connectivity index (χ3n) is 10.2. The Bertz CT molecular complexity index is 1070. The standard InChI is InChI=1S/C48H91N2O6P/c1-6-8-10-12-14-16-18-20-21-22-23-24-25-26-27-28-30-31-33-35-37-39-41-47(51)46(45-56-57(53,54)55-44-43-50(3,4)5)49-48(52)42-40-38-36-34-32-29-19-17-15-13-11-9-7-2/h11,13,17,19,31,33,39,41,46-47,51H,6-10,12,14-16,18,20-30,32,34-38,40,42-45H2,1-5H3,(H-,49,52,53,54)/b13-11-,19-17-,33-31+,41-39+. The van der Waals surface area contributed by atoms with Crippen molar-refractivity contribution in [2.75, 3.05) is 40.9 Å². The van der Waals surface area contributed by atoms with E-state index in [9.17, 15) is 19.4 Å². The van der Waals surface area contributed by atoms with Gasteiger partial charge < -0.3 is 28.8 Å². The van der Waals surface area contributed by atoms with E-state index in [4.69, 9.17) is 9.05 Å². The van der Waals surface area contributed by atoms with Crippen molar-refractivity contribution in [3.63, 3.8) is 0 Å². The minimum atomic E-state index is -4.60. The van der Waals surface area contributed by atoms with Crippen LogP contribution in [0.3, 0.4) is 0 Å². The van der Waals surface area contributed by atoms with E-state index < -0.39 is 26.6 Å². The summed E-state index contributed by atoms with van der Waals surface area (Å²) in [5.74, 6) is -0.223. The summed E-state index contributed by atoms with van der Waals surface area (Å²) in [5.41, 5.74) is 0. The molecule has 3 atom stereocenters. The molecule has 9 heteroatoms. The number of hydrogen-bond acceptors (Lipinski definition) is 6. The molecule has 3 unspecified atom stereocenters. The predicted octanol–water partition coefficient (Wildman–Crippen LogP) is 12.6. The van der Waals surface area contributed by atoms with Gasteiger partial charge >= 0.3 is 0 Å². The molecule has 0 aliphatic heterocycles. The van der Waals surface area contributed by atoms with Crippen LogP contribution in [-0.4, -0.2) is 68.5 Å². The quantitative estimate of drug-likeness (QED) is 0.0275. The van der Waals surface area contributed by atoms with Crippen LogP contribution in [0.15, 0.2) is 48.6 Å². The van der Waals surface area contributed by atoms with Crippen molar-refractivity contribution in [2.24, 2.45) is 0 Å². The Morgan fingerprint density at radius 3 is 1.60 bits per heavy atom. The molecule has 0 aromatic heterocycles. The van der Waals surface area contributed by atoms with Gasteiger partial charge in [0.15, 0.2) is 0 Å². The van der Waals surface area contributed by atoms with Gasteiger partial charge in [0.1, 0.15) is 13.2 Å². The highest BCUT2D eigenvalue weighted by atomic mass is 31.2. The molecular formula is C48H91N2O6P. The van der Waals surface area contributed by atoms with E-state index in [0.29, 0.717) is 17.4 Å². The third kappa shape index (κ3) is 42.4. The molecule has 0 aliphatic rings. The van der Waals surface area contributed by atoms with Gasteiger partial charge in [-0.15, -0.1) is 0 Å². The molecule has 0 saturated carbocycles. The number of phosphoric acid groups is 1. The summed E-state index contributed by atoms with van der Waals surface area (Å²) < 4.78 is 23.2. The topological polar surface area (TPSA) is 108 Å². The molecule has 0 spiro atoms. The number of unbranched alkanes of at least 4 members (excludes halogenated alkanes) is 23. The molecule has 1 amide bonds. The largest absolute Gasteiger partial charge is 0.756 e. The number of hydrogen-bond donors (Lipinski definition) is 2. The van der Waals surface area contributed by atoms with E-state index in [1.54, 1.807) is 6.08 Å². The SMILES string of the molecule is CCC/C=C\C/C=C\CCCCCCCC(=O)NC(COP(=O)([O-])OCC[N+](C)(C)C)C(O)/C=C/CC/C=C/CCCCCCCCCCCCCCCCCC. The van der Waals surface area contributed by atoms with E-state index in [1.807, 2.05) is 27.2 Å². The molecule has 334 valence electrons. The van der Waals surface area contributed by atoms with Crippen molar-refractivity contribution in [3.8, 4) is 0 Å². The van der Waals surface area contributed by atoms with Crippen molar-refractivity contribution in [1.82, 2.24) is 5.32 Å². The molecule has 57 heavy (non-hydrogen) atoms. The van der Waals surface area contributed by atoms with Crippen LogP contribution in [0.4, 0.5) is 0 Å². The molecule has 8 nitrogen and oxygen atoms in total. The van der Waals surface area contributed by atoms with Crippen LogP contribution in [0.25, 0.3) is 0 Å². The average Bonchev–Trinajstić information content (AvgIpc) is 3.16. The smallest absolute Gasteiger partial charge is 0.268 e. The van der Waals surface area contributed by atoms with Crippen LogP contribution in [0.1, 0.15) is 200 Å². The number of nitrogens with one attached hydrogen (secondary N) is 1. The number of rotatable bonds is 42. The van der Waals surface area contributed by atoms with Crippen LogP contribution < -0.4 is 10.2 Å². The number of phosphoric ester groups is 1. The first-order valence-corrected chi connectivity index (χ1v) is 25.0. The van der Waals surface area contributed by atoms with Gasteiger partial charge in [0.2, 0.25) is 5.91 Å². The Morgan fingerprint density at radius 2 is 1.07 bits per heavy atom. The van der Waals surface area contributed by atoms with Crippen molar-refractivity contribution in [1.29, 1.82) is 0 Å². The lowest BCUT2D eigenvalue weighted by atomic mass is 10.0. The summed E-state index contributed by atoms with van der Waals surface area (Å²) >= 11 is 0. The number of aliphatic hydroxyl groups is 1. The summed E-state index contributed by atoms with van der Waals surface area (Å²) in [7, 11) is 1.23. The summed E-state index contributed by atoms with van der Waals surface area (Å²) in [6.45, 7) is 4.55. The molecule has 0 saturated heterocycles. The van der Waals surface area contributed by atoms with E-state index in [1.165, 1.54) is 109 Å². The molecular weight excluding hydrogens is 732 g/mol. The number of quaternary nitrogens is 1. The maximum absolute atomic E-state index is 12.8. The Kier molecular flexibility index (Phi) is 38.8. The van der Waals surface area contributed by atoms with Crippen LogP contribution in [0, 0.1) is 0 Å². The number of amides is 1. The number of nitrogens with zero attached hydrogens (tertiary/aromatic N) is 1. The van der Waals surface area contributed by atoms with Crippen LogP contribution in [0.5, 0.6) is 0 Å². The van der Waals surface area contributed by atoms with Crippen molar-refractivity contribution < 1.29 is 32.9 Å². The maximum atomic E-state index is 12.8. The fraction of sp³-hybridized carbons (Fsp3) is 0.812. The zero-order valence-electron chi connectivity index (χ0n) is 37.8. The first-order valence-electron chi connectivity index (χ1n) is 23.5. The Labute approximate surface area is 352 Å². The predicted molar refractivity (Wildman–Crippen MR) is 242 cm³/mol. The van der Waals surface area contributed by atoms with Gasteiger partial charge in [-0.3, -0.25) is 9.36 Å². The van der Waals surface area contributed by atoms with Gasteiger partial charge in [-0.25, -0.2) is 0 Å². The van der Waals surface area contributed by atoms with Crippen LogP contribution in [0.2, 0.25) is 0 Å². The highest BCUT2D eigenvalue weighted by Crippen LogP contribution is 2.38. The van der Waals surface area contributed by atoms with E-state index >= 15 is 0 Å².